The summed E-state index contributed by atoms with van der Waals surface area (Å²) >= 11 is 0. The monoisotopic (exact) mass is 210 g/mol. The molecule has 2 nitrogen and oxygen atoms in total. The van der Waals surface area contributed by atoms with Crippen molar-refractivity contribution in [2.75, 3.05) is 0 Å². The first kappa shape index (κ1) is 11.7. The van der Waals surface area contributed by atoms with Gasteiger partial charge in [0.1, 0.15) is 5.82 Å². The predicted octanol–water partition coefficient (Wildman–Crippen LogP) is 3.02. The van der Waals surface area contributed by atoms with Crippen molar-refractivity contribution in [1.29, 1.82) is 0 Å². The summed E-state index contributed by atoms with van der Waals surface area (Å²) in [6, 6.07) is 3.50. The van der Waals surface area contributed by atoms with Crippen LogP contribution in [0.25, 0.3) is 0 Å². The summed E-state index contributed by atoms with van der Waals surface area (Å²) in [4.78, 5) is 10.6. The Kier molecular flexibility index (Phi) is 3.45. The summed E-state index contributed by atoms with van der Waals surface area (Å²) in [5.74, 6) is -1.25. The van der Waals surface area contributed by atoms with Gasteiger partial charge in [0.2, 0.25) is 0 Å². The molecule has 0 bridgehead atoms. The molecule has 0 aliphatic carbocycles. The molecule has 1 rings (SSSR count). The Bertz CT molecular complexity index is 385. The normalized spacial score (nSPS) is 12.5. The molecule has 0 fully saturated rings. The number of rotatable bonds is 3. The third-order valence-electron chi connectivity index (χ3n) is 2.63. The largest absolute Gasteiger partial charge is 0.481 e. The Morgan fingerprint density at radius 3 is 2.60 bits per heavy atom. The van der Waals surface area contributed by atoms with Gasteiger partial charge in [-0.3, -0.25) is 4.79 Å². The lowest BCUT2D eigenvalue weighted by molar-refractivity contribution is -0.137. The van der Waals surface area contributed by atoms with Gasteiger partial charge in [-0.2, -0.15) is 0 Å². The molecule has 1 aromatic rings. The van der Waals surface area contributed by atoms with Gasteiger partial charge in [0.25, 0.3) is 0 Å². The van der Waals surface area contributed by atoms with Gasteiger partial charge in [0.15, 0.2) is 0 Å². The minimum atomic E-state index is -0.858. The van der Waals surface area contributed by atoms with Crippen molar-refractivity contribution in [2.45, 2.75) is 33.1 Å². The van der Waals surface area contributed by atoms with Gasteiger partial charge < -0.3 is 5.11 Å². The van der Waals surface area contributed by atoms with Crippen LogP contribution in [0.2, 0.25) is 0 Å². The number of benzene rings is 1. The fourth-order valence-corrected chi connectivity index (χ4v) is 1.74. The van der Waals surface area contributed by atoms with E-state index in [1.165, 1.54) is 0 Å². The second kappa shape index (κ2) is 4.43. The Morgan fingerprint density at radius 2 is 2.07 bits per heavy atom. The number of aryl methyl sites for hydroxylation is 1. The summed E-state index contributed by atoms with van der Waals surface area (Å²) in [6.45, 7) is 5.19. The SMILES string of the molecule is Cc1ccc(C(C)CC(=O)O)c(C)c1F. The lowest BCUT2D eigenvalue weighted by Gasteiger charge is -2.14. The molecule has 0 spiro atoms. The molecule has 1 atom stereocenters. The standard InChI is InChI=1S/C12H15FO2/c1-7-4-5-10(9(3)12(7)13)8(2)6-11(14)15/h4-5,8H,6H2,1-3H3,(H,14,15). The zero-order valence-corrected chi connectivity index (χ0v) is 9.17. The van der Waals surface area contributed by atoms with Crippen molar-refractivity contribution in [1.82, 2.24) is 0 Å². The summed E-state index contributed by atoms with van der Waals surface area (Å²) in [5, 5.41) is 8.67. The van der Waals surface area contributed by atoms with E-state index >= 15 is 0 Å². The zero-order chi connectivity index (χ0) is 11.6. The van der Waals surface area contributed by atoms with Crippen molar-refractivity contribution in [3.63, 3.8) is 0 Å². The van der Waals surface area contributed by atoms with Crippen molar-refractivity contribution < 1.29 is 14.3 Å². The molecule has 1 aromatic carbocycles. The Morgan fingerprint density at radius 1 is 1.47 bits per heavy atom. The minimum Gasteiger partial charge on any atom is -0.481 e. The van der Waals surface area contributed by atoms with Crippen LogP contribution in [-0.4, -0.2) is 11.1 Å². The van der Waals surface area contributed by atoms with Gasteiger partial charge >= 0.3 is 5.97 Å². The Labute approximate surface area is 88.7 Å². The molecule has 82 valence electrons. The van der Waals surface area contributed by atoms with E-state index in [0.717, 1.165) is 5.56 Å². The third-order valence-corrected chi connectivity index (χ3v) is 2.63. The van der Waals surface area contributed by atoms with Crippen LogP contribution in [0.3, 0.4) is 0 Å². The molecule has 3 heteroatoms. The molecule has 0 radical (unpaired) electrons. The summed E-state index contributed by atoms with van der Waals surface area (Å²) in [6.07, 6.45) is 0.0311. The quantitative estimate of drug-likeness (QED) is 0.832. The van der Waals surface area contributed by atoms with Crippen molar-refractivity contribution >= 4 is 5.97 Å². The highest BCUT2D eigenvalue weighted by Gasteiger charge is 2.15. The highest BCUT2D eigenvalue weighted by molar-refractivity contribution is 5.68. The second-order valence-electron chi connectivity index (χ2n) is 3.91. The van der Waals surface area contributed by atoms with Gasteiger partial charge in [0, 0.05) is 0 Å². The molecule has 15 heavy (non-hydrogen) atoms. The van der Waals surface area contributed by atoms with E-state index < -0.39 is 5.97 Å². The lowest BCUT2D eigenvalue weighted by Crippen LogP contribution is -2.06. The highest BCUT2D eigenvalue weighted by Crippen LogP contribution is 2.25. The molecule has 1 unspecified atom stereocenters. The number of carboxylic acid groups (broad SMARTS) is 1. The first-order valence-corrected chi connectivity index (χ1v) is 4.91. The fourth-order valence-electron chi connectivity index (χ4n) is 1.74. The number of hydrogen-bond acceptors (Lipinski definition) is 1. The number of aliphatic carboxylic acids is 1. The summed E-state index contributed by atoms with van der Waals surface area (Å²) in [5.41, 5.74) is 1.93. The Hall–Kier alpha value is -1.38. The van der Waals surface area contributed by atoms with E-state index in [0.29, 0.717) is 11.1 Å². The van der Waals surface area contributed by atoms with E-state index in [1.54, 1.807) is 32.9 Å². The number of halogens is 1. The molecule has 1 N–H and O–H groups in total. The van der Waals surface area contributed by atoms with Gasteiger partial charge in [-0.25, -0.2) is 4.39 Å². The van der Waals surface area contributed by atoms with E-state index in [2.05, 4.69) is 0 Å². The number of hydrogen-bond donors (Lipinski definition) is 1. The van der Waals surface area contributed by atoms with Crippen molar-refractivity contribution in [3.05, 3.63) is 34.6 Å². The maximum Gasteiger partial charge on any atom is 0.303 e. The van der Waals surface area contributed by atoms with E-state index in [9.17, 15) is 9.18 Å². The molecular formula is C12H15FO2. The topological polar surface area (TPSA) is 37.3 Å². The minimum absolute atomic E-state index is 0.0311. The highest BCUT2D eigenvalue weighted by atomic mass is 19.1. The van der Waals surface area contributed by atoms with Crippen LogP contribution < -0.4 is 0 Å². The van der Waals surface area contributed by atoms with Crippen LogP contribution in [0.4, 0.5) is 4.39 Å². The van der Waals surface area contributed by atoms with Crippen LogP contribution in [0.5, 0.6) is 0 Å². The second-order valence-corrected chi connectivity index (χ2v) is 3.91. The van der Waals surface area contributed by atoms with Crippen molar-refractivity contribution in [2.24, 2.45) is 0 Å². The summed E-state index contributed by atoms with van der Waals surface area (Å²) in [7, 11) is 0. The first-order chi connectivity index (χ1) is 6.93. The molecule has 0 aliphatic heterocycles. The van der Waals surface area contributed by atoms with Gasteiger partial charge in [-0.05, 0) is 36.5 Å². The summed E-state index contributed by atoms with van der Waals surface area (Å²) < 4.78 is 13.5. The van der Waals surface area contributed by atoms with Crippen molar-refractivity contribution in [3.8, 4) is 0 Å². The Balaban J connectivity index is 3.05. The third kappa shape index (κ3) is 2.55. The maximum absolute atomic E-state index is 13.5. The first-order valence-electron chi connectivity index (χ1n) is 4.91. The van der Waals surface area contributed by atoms with E-state index in [1.807, 2.05) is 0 Å². The molecule has 0 aliphatic rings. The van der Waals surface area contributed by atoms with Gasteiger partial charge in [-0.15, -0.1) is 0 Å². The van der Waals surface area contributed by atoms with Gasteiger partial charge in [0.05, 0.1) is 6.42 Å². The van der Waals surface area contributed by atoms with Crippen LogP contribution in [0.15, 0.2) is 12.1 Å². The van der Waals surface area contributed by atoms with Crippen LogP contribution in [0, 0.1) is 19.7 Å². The van der Waals surface area contributed by atoms with Gasteiger partial charge in [-0.1, -0.05) is 19.1 Å². The molecule has 0 amide bonds. The zero-order valence-electron chi connectivity index (χ0n) is 9.17. The number of carbonyl (C=O) groups is 1. The predicted molar refractivity (Wildman–Crippen MR) is 56.5 cm³/mol. The average Bonchev–Trinajstić information content (AvgIpc) is 2.13. The van der Waals surface area contributed by atoms with Crippen LogP contribution in [0.1, 0.15) is 36.0 Å². The molecule has 0 aromatic heterocycles. The smallest absolute Gasteiger partial charge is 0.303 e. The maximum atomic E-state index is 13.5. The van der Waals surface area contributed by atoms with E-state index in [4.69, 9.17) is 5.11 Å². The lowest BCUT2D eigenvalue weighted by atomic mass is 9.92. The molecule has 0 heterocycles. The van der Waals surface area contributed by atoms with Crippen LogP contribution >= 0.6 is 0 Å². The number of carboxylic acids is 1. The molecule has 0 saturated heterocycles. The average molecular weight is 210 g/mol. The molecular weight excluding hydrogens is 195 g/mol. The molecule has 0 saturated carbocycles. The fraction of sp³-hybridized carbons (Fsp3) is 0.417. The van der Waals surface area contributed by atoms with Crippen LogP contribution in [-0.2, 0) is 4.79 Å². The van der Waals surface area contributed by atoms with E-state index in [-0.39, 0.29) is 18.2 Å².